The van der Waals surface area contributed by atoms with E-state index in [1.807, 2.05) is 0 Å². The summed E-state index contributed by atoms with van der Waals surface area (Å²) in [6.45, 7) is 6.93. The molecule has 7 heteroatoms. The van der Waals surface area contributed by atoms with Gasteiger partial charge in [-0.2, -0.15) is 5.10 Å². The van der Waals surface area contributed by atoms with Gasteiger partial charge in [0, 0.05) is 24.8 Å². The highest BCUT2D eigenvalue weighted by atomic mass is 16.6. The van der Waals surface area contributed by atoms with Crippen molar-refractivity contribution in [3.63, 3.8) is 0 Å². The summed E-state index contributed by atoms with van der Waals surface area (Å²) in [5.74, 6) is 0. The molecule has 0 fully saturated rings. The maximum absolute atomic E-state index is 11.5. The maximum Gasteiger partial charge on any atom is 0.407 e. The lowest BCUT2D eigenvalue weighted by Gasteiger charge is -2.22. The van der Waals surface area contributed by atoms with Crippen LogP contribution < -0.4 is 5.32 Å². The second-order valence-electron chi connectivity index (χ2n) is 5.70. The molecule has 0 bridgehead atoms. The molecule has 0 radical (unpaired) electrons. The topological polar surface area (TPSA) is 96.6 Å². The number of carbonyl (C=O) groups excluding carboxylic acids is 1. The summed E-state index contributed by atoms with van der Waals surface area (Å²) in [6.07, 6.45) is -1.38. The number of rotatable bonds is 4. The van der Waals surface area contributed by atoms with E-state index in [1.54, 1.807) is 39.4 Å². The standard InChI is InChI=1S/C13H23N3O4/c1-8-9(6-15-16(8)5)11(18)10(17)7-14-12(19)20-13(2,3)4/h6,10-11,17-18H,7H2,1-5H3,(H,14,19). The summed E-state index contributed by atoms with van der Waals surface area (Å²) in [4.78, 5) is 11.5. The molecule has 0 aliphatic rings. The van der Waals surface area contributed by atoms with Crippen LogP contribution in [-0.4, -0.2) is 44.3 Å². The molecule has 2 atom stereocenters. The summed E-state index contributed by atoms with van der Waals surface area (Å²) in [5, 5.41) is 26.3. The van der Waals surface area contributed by atoms with Crippen LogP contribution in [0.25, 0.3) is 0 Å². The van der Waals surface area contributed by atoms with Crippen LogP contribution in [0.15, 0.2) is 6.20 Å². The fraction of sp³-hybridized carbons (Fsp3) is 0.692. The van der Waals surface area contributed by atoms with Crippen LogP contribution in [0.2, 0.25) is 0 Å². The van der Waals surface area contributed by atoms with Crippen LogP contribution in [-0.2, 0) is 11.8 Å². The van der Waals surface area contributed by atoms with Crippen molar-refractivity contribution < 1.29 is 19.7 Å². The lowest BCUT2D eigenvalue weighted by atomic mass is 10.1. The van der Waals surface area contributed by atoms with Crippen molar-refractivity contribution in [2.75, 3.05) is 6.54 Å². The first-order valence-corrected chi connectivity index (χ1v) is 6.43. The normalized spacial score (nSPS) is 14.8. The third-order valence-corrected chi connectivity index (χ3v) is 2.81. The second-order valence-corrected chi connectivity index (χ2v) is 5.70. The van der Waals surface area contributed by atoms with Gasteiger partial charge in [0.15, 0.2) is 0 Å². The first-order valence-electron chi connectivity index (χ1n) is 6.43. The molecule has 114 valence electrons. The number of alkyl carbamates (subject to hydrolysis) is 1. The molecular formula is C13H23N3O4. The molecule has 0 spiro atoms. The number of aromatic nitrogens is 2. The van der Waals surface area contributed by atoms with Gasteiger partial charge in [-0.05, 0) is 27.7 Å². The number of hydrogen-bond donors (Lipinski definition) is 3. The zero-order valence-electron chi connectivity index (χ0n) is 12.5. The minimum Gasteiger partial charge on any atom is -0.444 e. The van der Waals surface area contributed by atoms with Crippen molar-refractivity contribution in [2.45, 2.75) is 45.5 Å². The van der Waals surface area contributed by atoms with Crippen LogP contribution in [0.1, 0.15) is 38.1 Å². The molecule has 1 amide bonds. The van der Waals surface area contributed by atoms with E-state index in [4.69, 9.17) is 4.74 Å². The van der Waals surface area contributed by atoms with Gasteiger partial charge in [-0.15, -0.1) is 0 Å². The Balaban J connectivity index is 2.53. The van der Waals surface area contributed by atoms with Crippen molar-refractivity contribution >= 4 is 6.09 Å². The Morgan fingerprint density at radius 2 is 2.10 bits per heavy atom. The monoisotopic (exact) mass is 285 g/mol. The minimum absolute atomic E-state index is 0.107. The van der Waals surface area contributed by atoms with Gasteiger partial charge < -0.3 is 20.3 Å². The molecule has 0 aliphatic carbocycles. The number of carbonyl (C=O) groups is 1. The summed E-state index contributed by atoms with van der Waals surface area (Å²) in [5.41, 5.74) is 0.688. The molecule has 20 heavy (non-hydrogen) atoms. The quantitative estimate of drug-likeness (QED) is 0.754. The summed E-state index contributed by atoms with van der Waals surface area (Å²) in [6, 6.07) is 0. The van der Waals surface area contributed by atoms with Crippen molar-refractivity contribution in [1.82, 2.24) is 15.1 Å². The fourth-order valence-corrected chi connectivity index (χ4v) is 1.63. The number of aryl methyl sites for hydroxylation is 1. The van der Waals surface area contributed by atoms with Crippen molar-refractivity contribution in [2.24, 2.45) is 7.05 Å². The van der Waals surface area contributed by atoms with Crippen molar-refractivity contribution in [3.05, 3.63) is 17.5 Å². The van der Waals surface area contributed by atoms with E-state index in [0.29, 0.717) is 5.56 Å². The van der Waals surface area contributed by atoms with E-state index < -0.39 is 23.9 Å². The van der Waals surface area contributed by atoms with E-state index >= 15 is 0 Å². The Bertz CT molecular complexity index is 465. The third kappa shape index (κ3) is 4.50. The highest BCUT2D eigenvalue weighted by Gasteiger charge is 2.24. The Labute approximate surface area is 118 Å². The largest absolute Gasteiger partial charge is 0.444 e. The number of ether oxygens (including phenoxy) is 1. The summed E-state index contributed by atoms with van der Waals surface area (Å²) in [7, 11) is 1.75. The van der Waals surface area contributed by atoms with Gasteiger partial charge >= 0.3 is 6.09 Å². The highest BCUT2D eigenvalue weighted by molar-refractivity contribution is 5.67. The van der Waals surface area contributed by atoms with Crippen molar-refractivity contribution in [3.8, 4) is 0 Å². The summed E-state index contributed by atoms with van der Waals surface area (Å²) < 4.78 is 6.65. The van der Waals surface area contributed by atoms with E-state index in [9.17, 15) is 15.0 Å². The number of nitrogens with zero attached hydrogens (tertiary/aromatic N) is 2. The average molecular weight is 285 g/mol. The highest BCUT2D eigenvalue weighted by Crippen LogP contribution is 2.19. The maximum atomic E-state index is 11.5. The number of nitrogens with one attached hydrogen (secondary N) is 1. The SMILES string of the molecule is Cc1c(C(O)C(O)CNC(=O)OC(C)(C)C)cnn1C. The average Bonchev–Trinajstić information content (AvgIpc) is 2.64. The zero-order valence-corrected chi connectivity index (χ0v) is 12.5. The Hall–Kier alpha value is -1.60. The molecule has 7 nitrogen and oxygen atoms in total. The molecular weight excluding hydrogens is 262 g/mol. The van der Waals surface area contributed by atoms with Gasteiger partial charge in [0.1, 0.15) is 17.8 Å². The molecule has 1 rings (SSSR count). The van der Waals surface area contributed by atoms with Gasteiger partial charge in [0.2, 0.25) is 0 Å². The first-order chi connectivity index (χ1) is 9.11. The van der Waals surface area contributed by atoms with E-state index in [1.165, 1.54) is 6.20 Å². The predicted octanol–water partition coefficient (Wildman–Crippen LogP) is 0.648. The fourth-order valence-electron chi connectivity index (χ4n) is 1.63. The predicted molar refractivity (Wildman–Crippen MR) is 73.1 cm³/mol. The number of aliphatic hydroxyl groups excluding tert-OH is 2. The molecule has 1 heterocycles. The van der Waals surface area contributed by atoms with Crippen LogP contribution in [0, 0.1) is 6.92 Å². The first kappa shape index (κ1) is 16.5. The van der Waals surface area contributed by atoms with Crippen molar-refractivity contribution in [1.29, 1.82) is 0 Å². The molecule has 0 aliphatic heterocycles. The molecule has 0 aromatic carbocycles. The van der Waals surface area contributed by atoms with Gasteiger partial charge in [-0.3, -0.25) is 4.68 Å². The van der Waals surface area contributed by atoms with E-state index in [0.717, 1.165) is 5.69 Å². The third-order valence-electron chi connectivity index (χ3n) is 2.81. The van der Waals surface area contributed by atoms with E-state index in [-0.39, 0.29) is 6.54 Å². The van der Waals surface area contributed by atoms with Gasteiger partial charge in [0.05, 0.1) is 6.20 Å². The Morgan fingerprint density at radius 3 is 2.55 bits per heavy atom. The van der Waals surface area contributed by atoms with Crippen LogP contribution in [0.3, 0.4) is 0 Å². The smallest absolute Gasteiger partial charge is 0.407 e. The summed E-state index contributed by atoms with van der Waals surface area (Å²) >= 11 is 0. The Kier molecular flexibility index (Phi) is 5.13. The molecule has 2 unspecified atom stereocenters. The molecule has 0 saturated heterocycles. The number of hydrogen-bond acceptors (Lipinski definition) is 5. The van der Waals surface area contributed by atoms with E-state index in [2.05, 4.69) is 10.4 Å². The minimum atomic E-state index is -1.13. The van der Waals surface area contributed by atoms with Gasteiger partial charge in [-0.25, -0.2) is 4.79 Å². The van der Waals surface area contributed by atoms with Crippen LogP contribution in [0.4, 0.5) is 4.79 Å². The van der Waals surface area contributed by atoms with Gasteiger partial charge in [0.25, 0.3) is 0 Å². The molecule has 0 saturated carbocycles. The lowest BCUT2D eigenvalue weighted by molar-refractivity contribution is 0.0126. The zero-order chi connectivity index (χ0) is 15.5. The Morgan fingerprint density at radius 1 is 1.50 bits per heavy atom. The second kappa shape index (κ2) is 6.23. The van der Waals surface area contributed by atoms with Crippen LogP contribution in [0.5, 0.6) is 0 Å². The number of aliphatic hydroxyl groups is 2. The molecule has 1 aromatic heterocycles. The molecule has 1 aromatic rings. The van der Waals surface area contributed by atoms with Gasteiger partial charge in [-0.1, -0.05) is 0 Å². The molecule has 3 N–H and O–H groups in total. The number of amides is 1. The van der Waals surface area contributed by atoms with Crippen LogP contribution >= 0.6 is 0 Å². The lowest BCUT2D eigenvalue weighted by Crippen LogP contribution is -2.38.